The van der Waals surface area contributed by atoms with Crippen LogP contribution in [0.25, 0.3) is 98.4 Å². The number of rotatable bonds is 2. The Labute approximate surface area is 251 Å². The molecule has 0 atom stereocenters. The Morgan fingerprint density at radius 3 is 1.11 bits per heavy atom. The van der Waals surface area contributed by atoms with E-state index in [1.807, 2.05) is 12.1 Å². The van der Waals surface area contributed by atoms with Crippen molar-refractivity contribution in [3.05, 3.63) is 145 Å². The number of fused-ring (bicyclic) bond motifs is 6. The molecule has 0 saturated heterocycles. The second-order valence-corrected chi connectivity index (χ2v) is 11.8. The summed E-state index contributed by atoms with van der Waals surface area (Å²) in [6.45, 7) is 0. The Morgan fingerprint density at radius 2 is 0.659 bits per heavy atom. The predicted octanol–water partition coefficient (Wildman–Crippen LogP) is 12.1. The van der Waals surface area contributed by atoms with Crippen LogP contribution < -0.4 is 0 Å². The summed E-state index contributed by atoms with van der Waals surface area (Å²) in [6, 6.07) is 45.3. The highest BCUT2D eigenvalue weighted by atomic mass is 19.1. The van der Waals surface area contributed by atoms with Gasteiger partial charge < -0.3 is 0 Å². The Morgan fingerprint density at radius 1 is 0.273 bits per heavy atom. The zero-order valence-corrected chi connectivity index (χ0v) is 23.5. The third kappa shape index (κ3) is 2.90. The first-order valence-electron chi connectivity index (χ1n) is 14.9. The summed E-state index contributed by atoms with van der Waals surface area (Å²) in [5.74, 6) is -1.06. The number of benzene rings is 9. The summed E-state index contributed by atoms with van der Waals surface area (Å²) in [6.07, 6.45) is 0. The van der Waals surface area contributed by atoms with Gasteiger partial charge in [0.25, 0.3) is 0 Å². The first-order chi connectivity index (χ1) is 21.7. The standard InChI is InChI=1S/C42H22F2/c43-33-21-19-29-27-15-17-31-39-32(18-16-28(37(27)39)30-20-22-34(44)42(33)38(29)30)41-36(24-11-5-2-6-12-24)26-14-8-7-13-25(26)35(40(31)41)23-9-3-1-4-10-23/h1-22H. The van der Waals surface area contributed by atoms with Crippen molar-refractivity contribution in [2.45, 2.75) is 0 Å². The fraction of sp³-hybridized carbons (Fsp3) is 0. The average molecular weight is 565 g/mol. The van der Waals surface area contributed by atoms with E-state index < -0.39 is 11.6 Å². The lowest BCUT2D eigenvalue weighted by atomic mass is 9.82. The normalized spacial score (nSPS) is 12.3. The van der Waals surface area contributed by atoms with Gasteiger partial charge in [-0.15, -0.1) is 0 Å². The molecule has 0 unspecified atom stereocenters. The van der Waals surface area contributed by atoms with Gasteiger partial charge in [-0.1, -0.05) is 121 Å². The van der Waals surface area contributed by atoms with Crippen molar-refractivity contribution in [2.24, 2.45) is 0 Å². The number of halogens is 2. The lowest BCUT2D eigenvalue weighted by Gasteiger charge is -2.20. The maximum absolute atomic E-state index is 15.1. The topological polar surface area (TPSA) is 0 Å². The minimum Gasteiger partial charge on any atom is -0.206 e. The van der Waals surface area contributed by atoms with Crippen molar-refractivity contribution < 1.29 is 8.78 Å². The van der Waals surface area contributed by atoms with Gasteiger partial charge in [-0.25, -0.2) is 8.78 Å². The molecule has 0 fully saturated rings. The molecular formula is C42H22F2. The van der Waals surface area contributed by atoms with Gasteiger partial charge in [0.2, 0.25) is 0 Å². The highest BCUT2D eigenvalue weighted by Gasteiger charge is 2.32. The van der Waals surface area contributed by atoms with Gasteiger partial charge >= 0.3 is 0 Å². The van der Waals surface area contributed by atoms with E-state index in [0.29, 0.717) is 5.39 Å². The maximum atomic E-state index is 15.1. The first kappa shape index (κ1) is 23.9. The van der Waals surface area contributed by atoms with Crippen LogP contribution in [0.3, 0.4) is 0 Å². The molecule has 0 nitrogen and oxygen atoms in total. The van der Waals surface area contributed by atoms with Gasteiger partial charge in [-0.05, 0) is 99.7 Å². The van der Waals surface area contributed by atoms with Gasteiger partial charge in [0.1, 0.15) is 11.6 Å². The molecule has 0 bridgehead atoms. The SMILES string of the molecule is Fc1ccc2c3ccc4c5c(ccc(c6ccc(F)c1c26)c53)-c1c-4c(-c2ccccc2)c2ccccc2c1-c1ccccc1. The van der Waals surface area contributed by atoms with E-state index in [4.69, 9.17) is 0 Å². The molecule has 0 saturated carbocycles. The highest BCUT2D eigenvalue weighted by molar-refractivity contribution is 6.39. The average Bonchev–Trinajstić information content (AvgIpc) is 3.40. The fourth-order valence-electron chi connectivity index (χ4n) is 8.01. The van der Waals surface area contributed by atoms with E-state index in [9.17, 15) is 0 Å². The van der Waals surface area contributed by atoms with E-state index in [-0.39, 0.29) is 5.39 Å². The molecule has 0 N–H and O–H groups in total. The second-order valence-electron chi connectivity index (χ2n) is 11.8. The molecule has 44 heavy (non-hydrogen) atoms. The molecule has 0 aliphatic heterocycles. The van der Waals surface area contributed by atoms with Gasteiger partial charge in [0.05, 0.1) is 5.39 Å². The molecule has 204 valence electrons. The van der Waals surface area contributed by atoms with E-state index in [0.717, 1.165) is 26.9 Å². The molecule has 9 aromatic carbocycles. The Kier molecular flexibility index (Phi) is 4.61. The van der Waals surface area contributed by atoms with Crippen molar-refractivity contribution in [1.29, 1.82) is 0 Å². The van der Waals surface area contributed by atoms with E-state index >= 15 is 8.78 Å². The number of hydrogen-bond acceptors (Lipinski definition) is 0. The Balaban J connectivity index is 1.46. The van der Waals surface area contributed by atoms with Crippen LogP contribution in [0.5, 0.6) is 0 Å². The monoisotopic (exact) mass is 564 g/mol. The van der Waals surface area contributed by atoms with Gasteiger partial charge in [0.15, 0.2) is 0 Å². The fourth-order valence-corrected chi connectivity index (χ4v) is 8.01. The highest BCUT2D eigenvalue weighted by Crippen LogP contribution is 2.59. The van der Waals surface area contributed by atoms with Crippen LogP contribution in [0.4, 0.5) is 8.78 Å². The second kappa shape index (κ2) is 8.49. The molecule has 1 aliphatic rings. The smallest absolute Gasteiger partial charge is 0.134 e. The van der Waals surface area contributed by atoms with Crippen LogP contribution in [0.1, 0.15) is 0 Å². The summed E-state index contributed by atoms with van der Waals surface area (Å²) in [4.78, 5) is 0. The molecule has 0 heterocycles. The quantitative estimate of drug-likeness (QED) is 0.145. The van der Waals surface area contributed by atoms with Crippen molar-refractivity contribution >= 4 is 53.9 Å². The van der Waals surface area contributed by atoms with Gasteiger partial charge in [-0.2, -0.15) is 0 Å². The van der Waals surface area contributed by atoms with E-state index in [2.05, 4.69) is 109 Å². The van der Waals surface area contributed by atoms with Crippen molar-refractivity contribution in [3.63, 3.8) is 0 Å². The van der Waals surface area contributed by atoms with Gasteiger partial charge in [-0.3, -0.25) is 0 Å². The third-order valence-corrected chi connectivity index (χ3v) is 9.68. The zero-order chi connectivity index (χ0) is 29.1. The van der Waals surface area contributed by atoms with E-state index in [1.165, 1.54) is 72.8 Å². The van der Waals surface area contributed by atoms with Crippen LogP contribution in [0.15, 0.2) is 133 Å². The molecule has 10 rings (SSSR count). The predicted molar refractivity (Wildman–Crippen MR) is 180 cm³/mol. The molecule has 0 amide bonds. The van der Waals surface area contributed by atoms with Crippen molar-refractivity contribution in [1.82, 2.24) is 0 Å². The van der Waals surface area contributed by atoms with Gasteiger partial charge in [0, 0.05) is 5.39 Å². The van der Waals surface area contributed by atoms with Crippen LogP contribution in [0, 0.1) is 11.6 Å². The van der Waals surface area contributed by atoms with E-state index in [1.54, 1.807) is 0 Å². The third-order valence-electron chi connectivity index (χ3n) is 9.68. The molecular weight excluding hydrogens is 542 g/mol. The minimum atomic E-state index is -0.528. The zero-order valence-electron chi connectivity index (χ0n) is 23.5. The summed E-state index contributed by atoms with van der Waals surface area (Å²) in [7, 11) is 0. The lowest BCUT2D eigenvalue weighted by Crippen LogP contribution is -1.93. The van der Waals surface area contributed by atoms with Crippen LogP contribution in [0.2, 0.25) is 0 Å². The first-order valence-corrected chi connectivity index (χ1v) is 14.9. The summed E-state index contributed by atoms with van der Waals surface area (Å²) in [5, 5.41) is 9.28. The van der Waals surface area contributed by atoms with Crippen molar-refractivity contribution in [2.75, 3.05) is 0 Å². The summed E-state index contributed by atoms with van der Waals surface area (Å²) >= 11 is 0. The molecule has 9 aromatic rings. The molecule has 2 heteroatoms. The Bertz CT molecular complexity index is 2480. The van der Waals surface area contributed by atoms with Crippen LogP contribution >= 0.6 is 0 Å². The maximum Gasteiger partial charge on any atom is 0.134 e. The van der Waals surface area contributed by atoms with Crippen LogP contribution in [-0.4, -0.2) is 0 Å². The number of hydrogen-bond donors (Lipinski definition) is 0. The van der Waals surface area contributed by atoms with Crippen molar-refractivity contribution in [3.8, 4) is 44.5 Å². The molecule has 0 spiro atoms. The Hall–Kier alpha value is -5.60. The minimum absolute atomic E-state index is 0.0640. The summed E-state index contributed by atoms with van der Waals surface area (Å²) < 4.78 is 30.1. The molecule has 1 aliphatic carbocycles. The van der Waals surface area contributed by atoms with Crippen LogP contribution in [-0.2, 0) is 0 Å². The lowest BCUT2D eigenvalue weighted by molar-refractivity contribution is 0.609. The molecule has 0 aromatic heterocycles. The largest absolute Gasteiger partial charge is 0.206 e. The summed E-state index contributed by atoms with van der Waals surface area (Å²) in [5.41, 5.74) is 9.68. The molecule has 0 radical (unpaired) electrons.